The van der Waals surface area contributed by atoms with Crippen LogP contribution in [-0.4, -0.2) is 41.3 Å². The van der Waals surface area contributed by atoms with Crippen LogP contribution in [-0.2, 0) is 6.42 Å². The first-order valence-electron chi connectivity index (χ1n) is 5.71. The van der Waals surface area contributed by atoms with Crippen molar-refractivity contribution in [3.63, 3.8) is 0 Å². The van der Waals surface area contributed by atoms with Crippen molar-refractivity contribution in [1.82, 2.24) is 10.3 Å². The minimum absolute atomic E-state index is 0.308. The van der Waals surface area contributed by atoms with Gasteiger partial charge in [-0.15, -0.1) is 0 Å². The Morgan fingerprint density at radius 3 is 2.75 bits per heavy atom. The molecule has 1 aromatic heterocycles. The lowest BCUT2D eigenvalue weighted by molar-refractivity contribution is 0.296. The summed E-state index contributed by atoms with van der Waals surface area (Å²) in [6.07, 6.45) is 5.63. The second kappa shape index (κ2) is 9.63. The number of aromatic nitrogens is 1. The Hall–Kier alpha value is -0.580. The molecule has 1 heterocycles. The molecule has 1 aromatic rings. The Bertz CT molecular complexity index is 256. The van der Waals surface area contributed by atoms with E-state index in [1.54, 1.807) is 0 Å². The van der Waals surface area contributed by atoms with E-state index in [9.17, 15) is 0 Å². The SMILES string of the molecule is OCCCSCCNCCc1ccncc1. The van der Waals surface area contributed by atoms with Crippen molar-refractivity contribution in [3.05, 3.63) is 30.1 Å². The predicted molar refractivity (Wildman–Crippen MR) is 69.8 cm³/mol. The minimum Gasteiger partial charge on any atom is -0.396 e. The summed E-state index contributed by atoms with van der Waals surface area (Å²) in [5.74, 6) is 2.18. The van der Waals surface area contributed by atoms with E-state index in [0.29, 0.717) is 6.61 Å². The van der Waals surface area contributed by atoms with Crippen molar-refractivity contribution >= 4 is 11.8 Å². The molecular weight excluding hydrogens is 220 g/mol. The summed E-state index contributed by atoms with van der Waals surface area (Å²) in [7, 11) is 0. The number of hydrogen-bond donors (Lipinski definition) is 2. The maximum Gasteiger partial charge on any atom is 0.0438 e. The van der Waals surface area contributed by atoms with Crippen molar-refractivity contribution in [3.8, 4) is 0 Å². The second-order valence-corrected chi connectivity index (χ2v) is 4.77. The molecule has 0 aliphatic rings. The number of thioether (sulfide) groups is 1. The fourth-order valence-electron chi connectivity index (χ4n) is 1.32. The lowest BCUT2D eigenvalue weighted by atomic mass is 10.2. The molecule has 2 N–H and O–H groups in total. The summed E-state index contributed by atoms with van der Waals surface area (Å²) in [6, 6.07) is 4.11. The molecule has 0 radical (unpaired) electrons. The first-order valence-corrected chi connectivity index (χ1v) is 6.87. The Morgan fingerprint density at radius 2 is 2.00 bits per heavy atom. The molecule has 0 saturated heterocycles. The monoisotopic (exact) mass is 240 g/mol. The Labute approximate surface area is 102 Å². The average molecular weight is 240 g/mol. The third-order valence-corrected chi connectivity index (χ3v) is 3.28. The molecule has 0 aliphatic carbocycles. The zero-order valence-electron chi connectivity index (χ0n) is 9.56. The van der Waals surface area contributed by atoms with Crippen LogP contribution in [0.25, 0.3) is 0 Å². The summed E-state index contributed by atoms with van der Waals surface area (Å²) in [6.45, 7) is 2.37. The Balaban J connectivity index is 1.89. The van der Waals surface area contributed by atoms with Crippen LogP contribution in [0.3, 0.4) is 0 Å². The minimum atomic E-state index is 0.308. The molecule has 90 valence electrons. The molecule has 16 heavy (non-hydrogen) atoms. The Morgan fingerprint density at radius 1 is 1.19 bits per heavy atom. The highest BCUT2D eigenvalue weighted by Crippen LogP contribution is 2.00. The second-order valence-electron chi connectivity index (χ2n) is 3.54. The van der Waals surface area contributed by atoms with Gasteiger partial charge in [0.2, 0.25) is 0 Å². The fourth-order valence-corrected chi connectivity index (χ4v) is 2.15. The smallest absolute Gasteiger partial charge is 0.0438 e. The quantitative estimate of drug-likeness (QED) is 0.639. The third kappa shape index (κ3) is 6.82. The molecule has 0 unspecified atom stereocenters. The van der Waals surface area contributed by atoms with Gasteiger partial charge in [-0.25, -0.2) is 0 Å². The van der Waals surface area contributed by atoms with Gasteiger partial charge in [-0.3, -0.25) is 4.98 Å². The van der Waals surface area contributed by atoms with Gasteiger partial charge >= 0.3 is 0 Å². The first kappa shape index (κ1) is 13.5. The maximum atomic E-state index is 8.60. The van der Waals surface area contributed by atoms with Gasteiger partial charge in [0.05, 0.1) is 0 Å². The van der Waals surface area contributed by atoms with Gasteiger partial charge in [-0.05, 0) is 42.8 Å². The number of nitrogens with one attached hydrogen (secondary N) is 1. The molecule has 3 nitrogen and oxygen atoms in total. The van der Waals surface area contributed by atoms with Crippen LogP contribution < -0.4 is 5.32 Å². The van der Waals surface area contributed by atoms with E-state index in [1.165, 1.54) is 5.56 Å². The number of rotatable bonds is 9. The normalized spacial score (nSPS) is 10.6. The van der Waals surface area contributed by atoms with E-state index in [2.05, 4.69) is 22.4 Å². The highest BCUT2D eigenvalue weighted by molar-refractivity contribution is 7.99. The molecular formula is C12H20N2OS. The van der Waals surface area contributed by atoms with Crippen LogP contribution in [0.15, 0.2) is 24.5 Å². The highest BCUT2D eigenvalue weighted by atomic mass is 32.2. The van der Waals surface area contributed by atoms with Crippen LogP contribution in [0.5, 0.6) is 0 Å². The van der Waals surface area contributed by atoms with Gasteiger partial charge in [0.15, 0.2) is 0 Å². The van der Waals surface area contributed by atoms with Crippen LogP contribution in [0.2, 0.25) is 0 Å². The molecule has 0 fully saturated rings. The first-order chi connectivity index (χ1) is 7.93. The fraction of sp³-hybridized carbons (Fsp3) is 0.583. The molecule has 0 amide bonds. The average Bonchev–Trinajstić information content (AvgIpc) is 2.34. The number of pyridine rings is 1. The van der Waals surface area contributed by atoms with Gasteiger partial charge in [-0.1, -0.05) is 0 Å². The number of aliphatic hydroxyl groups is 1. The van der Waals surface area contributed by atoms with Crippen LogP contribution in [0.1, 0.15) is 12.0 Å². The number of nitrogens with zero attached hydrogens (tertiary/aromatic N) is 1. The van der Waals surface area contributed by atoms with Crippen LogP contribution >= 0.6 is 11.8 Å². The van der Waals surface area contributed by atoms with Gasteiger partial charge in [0.1, 0.15) is 0 Å². The van der Waals surface area contributed by atoms with E-state index in [-0.39, 0.29) is 0 Å². The summed E-state index contributed by atoms with van der Waals surface area (Å²) in [4.78, 5) is 3.99. The van der Waals surface area contributed by atoms with E-state index in [4.69, 9.17) is 5.11 Å². The summed E-state index contributed by atoms with van der Waals surface area (Å²) in [5.41, 5.74) is 1.33. The standard InChI is InChI=1S/C12H20N2OS/c15-9-1-10-16-11-8-14-7-4-12-2-5-13-6-3-12/h2-3,5-6,14-15H,1,4,7-11H2. The summed E-state index contributed by atoms with van der Waals surface area (Å²) >= 11 is 1.89. The zero-order valence-corrected chi connectivity index (χ0v) is 10.4. The molecule has 1 rings (SSSR count). The molecule has 0 aromatic carbocycles. The summed E-state index contributed by atoms with van der Waals surface area (Å²) in [5, 5.41) is 12.0. The summed E-state index contributed by atoms with van der Waals surface area (Å²) < 4.78 is 0. The van der Waals surface area contributed by atoms with Crippen LogP contribution in [0.4, 0.5) is 0 Å². The van der Waals surface area contributed by atoms with Crippen molar-refractivity contribution < 1.29 is 5.11 Å². The molecule has 4 heteroatoms. The molecule has 0 atom stereocenters. The maximum absolute atomic E-state index is 8.60. The highest BCUT2D eigenvalue weighted by Gasteiger charge is 1.92. The van der Waals surface area contributed by atoms with Crippen molar-refractivity contribution in [2.24, 2.45) is 0 Å². The van der Waals surface area contributed by atoms with Crippen molar-refractivity contribution in [1.29, 1.82) is 0 Å². The van der Waals surface area contributed by atoms with Crippen molar-refractivity contribution in [2.45, 2.75) is 12.8 Å². The molecule has 0 saturated carbocycles. The van der Waals surface area contributed by atoms with Crippen molar-refractivity contribution in [2.75, 3.05) is 31.2 Å². The van der Waals surface area contributed by atoms with E-state index >= 15 is 0 Å². The third-order valence-electron chi connectivity index (χ3n) is 2.21. The van der Waals surface area contributed by atoms with Gasteiger partial charge in [-0.2, -0.15) is 11.8 Å². The lowest BCUT2D eigenvalue weighted by Crippen LogP contribution is -2.20. The van der Waals surface area contributed by atoms with Gasteiger partial charge < -0.3 is 10.4 Å². The van der Waals surface area contributed by atoms with E-state index in [1.807, 2.05) is 24.2 Å². The van der Waals surface area contributed by atoms with E-state index < -0.39 is 0 Å². The van der Waals surface area contributed by atoms with Gasteiger partial charge in [0, 0.05) is 31.3 Å². The topological polar surface area (TPSA) is 45.1 Å². The largest absolute Gasteiger partial charge is 0.396 e. The lowest BCUT2D eigenvalue weighted by Gasteiger charge is -2.04. The predicted octanol–water partition coefficient (Wildman–Crippen LogP) is 1.33. The van der Waals surface area contributed by atoms with Crippen LogP contribution in [0, 0.1) is 0 Å². The van der Waals surface area contributed by atoms with Gasteiger partial charge in [0.25, 0.3) is 0 Å². The molecule has 0 bridgehead atoms. The number of hydrogen-bond acceptors (Lipinski definition) is 4. The Kier molecular flexibility index (Phi) is 8.12. The zero-order chi connectivity index (χ0) is 11.5. The van der Waals surface area contributed by atoms with E-state index in [0.717, 1.165) is 37.4 Å². The number of aliphatic hydroxyl groups excluding tert-OH is 1. The molecule has 0 spiro atoms. The molecule has 0 aliphatic heterocycles.